The van der Waals surface area contributed by atoms with Crippen LogP contribution in [-0.2, 0) is 16.1 Å². The molecule has 0 radical (unpaired) electrons. The number of carbonyl (C=O) groups excluding carboxylic acids is 2. The van der Waals surface area contributed by atoms with E-state index in [1.165, 1.54) is 4.57 Å². The van der Waals surface area contributed by atoms with E-state index >= 15 is 0 Å². The zero-order valence-electron chi connectivity index (χ0n) is 20.5. The molecular formula is C27H29NO7. The number of carbonyl (C=O) groups is 2. The molecule has 0 aliphatic rings. The lowest BCUT2D eigenvalue weighted by molar-refractivity contribution is 0.0454. The maximum Gasteiger partial charge on any atom is 0.419 e. The van der Waals surface area contributed by atoms with E-state index in [-0.39, 0.29) is 18.9 Å². The Kier molecular flexibility index (Phi) is 6.73. The lowest BCUT2D eigenvalue weighted by atomic mass is 10.2. The van der Waals surface area contributed by atoms with Gasteiger partial charge in [-0.1, -0.05) is 6.07 Å². The van der Waals surface area contributed by atoms with Gasteiger partial charge in [-0.25, -0.2) is 14.2 Å². The van der Waals surface area contributed by atoms with Crippen LogP contribution in [0.15, 0.2) is 53.1 Å². The third kappa shape index (κ3) is 5.11. The fraction of sp³-hybridized carbons (Fsp3) is 0.333. The first kappa shape index (κ1) is 24.2. The van der Waals surface area contributed by atoms with Gasteiger partial charge in [0.2, 0.25) is 0 Å². The van der Waals surface area contributed by atoms with Crippen LogP contribution in [0, 0.1) is 0 Å². The van der Waals surface area contributed by atoms with Crippen LogP contribution in [0.5, 0.6) is 11.5 Å². The fourth-order valence-electron chi connectivity index (χ4n) is 3.78. The molecule has 0 fully saturated rings. The highest BCUT2D eigenvalue weighted by atomic mass is 16.6. The van der Waals surface area contributed by atoms with Gasteiger partial charge >= 0.3 is 12.1 Å². The van der Waals surface area contributed by atoms with Gasteiger partial charge in [0.1, 0.15) is 35.0 Å². The first-order chi connectivity index (χ1) is 16.7. The summed E-state index contributed by atoms with van der Waals surface area (Å²) in [6, 6.07) is 12.5. The topological polar surface area (TPSA) is 89.1 Å². The summed E-state index contributed by atoms with van der Waals surface area (Å²) >= 11 is 0. The molecule has 8 heteroatoms. The smallest absolute Gasteiger partial charge is 0.419 e. The molecule has 0 unspecified atom stereocenters. The zero-order chi connectivity index (χ0) is 25.2. The summed E-state index contributed by atoms with van der Waals surface area (Å²) < 4.78 is 29.3. The molecule has 8 nitrogen and oxygen atoms in total. The van der Waals surface area contributed by atoms with E-state index < -0.39 is 17.7 Å². The van der Waals surface area contributed by atoms with Crippen LogP contribution in [0.25, 0.3) is 21.9 Å². The van der Waals surface area contributed by atoms with Gasteiger partial charge in [-0.15, -0.1) is 0 Å². The molecule has 0 atom stereocenters. The molecular weight excluding hydrogens is 450 g/mol. The van der Waals surface area contributed by atoms with E-state index in [9.17, 15) is 9.59 Å². The number of esters is 1. The van der Waals surface area contributed by atoms with Crippen molar-refractivity contribution in [2.45, 2.75) is 46.8 Å². The Bertz CT molecular complexity index is 1370. The Hall–Kier alpha value is -3.94. The van der Waals surface area contributed by atoms with Crippen LogP contribution in [-0.4, -0.2) is 35.4 Å². The number of benzene rings is 2. The number of hydrogen-bond acceptors (Lipinski definition) is 7. The average Bonchev–Trinajstić information content (AvgIpc) is 3.38. The van der Waals surface area contributed by atoms with E-state index in [0.29, 0.717) is 28.8 Å². The minimum Gasteiger partial charge on any atom is -0.494 e. The predicted octanol–water partition coefficient (Wildman–Crippen LogP) is 6.33. The van der Waals surface area contributed by atoms with Crippen LogP contribution in [0.4, 0.5) is 4.79 Å². The molecule has 4 rings (SSSR count). The molecule has 2 aromatic carbocycles. The molecule has 4 aromatic rings. The van der Waals surface area contributed by atoms with E-state index in [1.807, 2.05) is 25.1 Å². The minimum absolute atomic E-state index is 0.0735. The molecule has 0 amide bonds. The number of rotatable bonds is 7. The largest absolute Gasteiger partial charge is 0.494 e. The molecule has 2 aromatic heterocycles. The number of hydrogen-bond donors (Lipinski definition) is 0. The number of fused-ring (bicyclic) bond motifs is 2. The predicted molar refractivity (Wildman–Crippen MR) is 131 cm³/mol. The fourth-order valence-corrected chi connectivity index (χ4v) is 3.78. The van der Waals surface area contributed by atoms with Crippen LogP contribution in [0.3, 0.4) is 0 Å². The Balaban J connectivity index is 1.68. The summed E-state index contributed by atoms with van der Waals surface area (Å²) in [6.07, 6.45) is 0.981. The van der Waals surface area contributed by atoms with Crippen molar-refractivity contribution in [3.63, 3.8) is 0 Å². The second-order valence-electron chi connectivity index (χ2n) is 8.90. The molecule has 35 heavy (non-hydrogen) atoms. The van der Waals surface area contributed by atoms with Gasteiger partial charge in [-0.2, -0.15) is 0 Å². The van der Waals surface area contributed by atoms with Gasteiger partial charge in [-0.3, -0.25) is 0 Å². The molecule has 0 aliphatic carbocycles. The van der Waals surface area contributed by atoms with Gasteiger partial charge in [0.05, 0.1) is 25.0 Å². The lowest BCUT2D eigenvalue weighted by Gasteiger charge is -2.20. The summed E-state index contributed by atoms with van der Waals surface area (Å²) in [4.78, 5) is 25.7. The van der Waals surface area contributed by atoms with Crippen LogP contribution < -0.4 is 9.47 Å². The second kappa shape index (κ2) is 9.74. The minimum atomic E-state index is -0.738. The number of ether oxygens (including phenoxy) is 4. The first-order valence-electron chi connectivity index (χ1n) is 11.5. The lowest BCUT2D eigenvalue weighted by Crippen LogP contribution is -2.29. The SMILES string of the molecule is CCOC(=O)c1cc2c(OCc3coc4cc(OCC)ccc34)cccc2n1C(=O)OC(C)(C)C. The van der Waals surface area contributed by atoms with Crippen molar-refractivity contribution >= 4 is 33.9 Å². The van der Waals surface area contributed by atoms with Crippen molar-refractivity contribution in [3.8, 4) is 11.5 Å². The van der Waals surface area contributed by atoms with Crippen LogP contribution in [0.1, 0.15) is 50.7 Å². The third-order valence-electron chi connectivity index (χ3n) is 5.19. The Morgan fingerprint density at radius 2 is 1.77 bits per heavy atom. The highest BCUT2D eigenvalue weighted by molar-refractivity contribution is 6.03. The monoisotopic (exact) mass is 479 g/mol. The molecule has 184 valence electrons. The summed E-state index contributed by atoms with van der Waals surface area (Å²) in [5.41, 5.74) is 1.38. The average molecular weight is 480 g/mol. The first-order valence-corrected chi connectivity index (χ1v) is 11.5. The maximum atomic E-state index is 13.0. The van der Waals surface area contributed by atoms with Crippen molar-refractivity contribution < 1.29 is 33.0 Å². The van der Waals surface area contributed by atoms with Crippen molar-refractivity contribution in [1.82, 2.24) is 4.57 Å². The summed E-state index contributed by atoms with van der Waals surface area (Å²) in [6.45, 7) is 9.91. The number of aromatic nitrogens is 1. The van der Waals surface area contributed by atoms with E-state index in [2.05, 4.69) is 0 Å². The van der Waals surface area contributed by atoms with Gasteiger partial charge in [0, 0.05) is 22.4 Å². The second-order valence-corrected chi connectivity index (χ2v) is 8.90. The molecule has 0 saturated heterocycles. The molecule has 0 spiro atoms. The summed E-state index contributed by atoms with van der Waals surface area (Å²) in [7, 11) is 0. The summed E-state index contributed by atoms with van der Waals surface area (Å²) in [5.74, 6) is 0.628. The van der Waals surface area contributed by atoms with Gasteiger partial charge in [-0.05, 0) is 65.0 Å². The Labute approximate surface area is 203 Å². The zero-order valence-corrected chi connectivity index (χ0v) is 20.5. The van der Waals surface area contributed by atoms with E-state index in [1.54, 1.807) is 58.2 Å². The van der Waals surface area contributed by atoms with Gasteiger partial charge < -0.3 is 23.4 Å². The van der Waals surface area contributed by atoms with Crippen molar-refractivity contribution in [2.24, 2.45) is 0 Å². The number of nitrogens with zero attached hydrogens (tertiary/aromatic N) is 1. The van der Waals surface area contributed by atoms with Crippen molar-refractivity contribution in [2.75, 3.05) is 13.2 Å². The van der Waals surface area contributed by atoms with Crippen molar-refractivity contribution in [3.05, 3.63) is 60.0 Å². The van der Waals surface area contributed by atoms with Gasteiger partial charge in [0.25, 0.3) is 0 Å². The van der Waals surface area contributed by atoms with Crippen LogP contribution in [0.2, 0.25) is 0 Å². The van der Waals surface area contributed by atoms with E-state index in [4.69, 9.17) is 23.4 Å². The Morgan fingerprint density at radius 3 is 2.49 bits per heavy atom. The maximum absolute atomic E-state index is 13.0. The Morgan fingerprint density at radius 1 is 0.971 bits per heavy atom. The van der Waals surface area contributed by atoms with Crippen LogP contribution >= 0.6 is 0 Å². The molecule has 0 saturated carbocycles. The molecule has 0 bridgehead atoms. The normalized spacial score (nSPS) is 11.6. The summed E-state index contributed by atoms with van der Waals surface area (Å²) in [5, 5.41) is 1.51. The molecule has 2 heterocycles. The molecule has 0 N–H and O–H groups in total. The number of furan rings is 1. The van der Waals surface area contributed by atoms with Crippen molar-refractivity contribution in [1.29, 1.82) is 0 Å². The highest BCUT2D eigenvalue weighted by Gasteiger charge is 2.27. The molecule has 0 aliphatic heterocycles. The third-order valence-corrected chi connectivity index (χ3v) is 5.19. The quantitative estimate of drug-likeness (QED) is 0.286. The van der Waals surface area contributed by atoms with E-state index in [0.717, 1.165) is 16.7 Å². The standard InChI is InChI=1S/C27H29NO7/c1-6-31-18-11-12-19-17(16-34-24(19)13-18)15-33-23-10-8-9-21-20(23)14-22(25(29)32-7-2)28(21)26(30)35-27(3,4)5/h8-14,16H,6-7,15H2,1-5H3. The van der Waals surface area contributed by atoms with Gasteiger partial charge in [0.15, 0.2) is 0 Å². The highest BCUT2D eigenvalue weighted by Crippen LogP contribution is 2.32.